The Bertz CT molecular complexity index is 359. The number of aromatic nitrogens is 2. The Morgan fingerprint density at radius 2 is 2.38 bits per heavy atom. The minimum absolute atomic E-state index is 0.0764. The highest BCUT2D eigenvalue weighted by Gasteiger charge is 2.20. The Labute approximate surface area is 94.5 Å². The molecule has 0 atom stereocenters. The number of nitrogen functional groups attached to an aromatic ring is 1. The molecular formula is C10H18N4O2. The number of methoxy groups -OCH3 is 1. The van der Waals surface area contributed by atoms with Gasteiger partial charge in [0.1, 0.15) is 5.82 Å². The first kappa shape index (κ1) is 12.5. The van der Waals surface area contributed by atoms with E-state index in [4.69, 9.17) is 10.5 Å². The molecule has 0 aliphatic carbocycles. The van der Waals surface area contributed by atoms with Gasteiger partial charge in [0.15, 0.2) is 0 Å². The first-order valence-electron chi connectivity index (χ1n) is 5.04. The topological polar surface area (TPSA) is 93.0 Å². The first-order chi connectivity index (χ1) is 7.44. The minimum Gasteiger partial charge on any atom is -0.384 e. The number of carbonyl (C=O) groups excluding carboxylic acids is 1. The van der Waals surface area contributed by atoms with Gasteiger partial charge in [0.2, 0.25) is 5.91 Å². The van der Waals surface area contributed by atoms with E-state index in [9.17, 15) is 4.79 Å². The predicted molar refractivity (Wildman–Crippen MR) is 60.6 cm³/mol. The van der Waals surface area contributed by atoms with Crippen molar-refractivity contribution in [3.63, 3.8) is 0 Å². The molecule has 1 aromatic rings. The number of anilines is 1. The van der Waals surface area contributed by atoms with Gasteiger partial charge in [-0.25, -0.2) is 0 Å². The molecule has 4 N–H and O–H groups in total. The van der Waals surface area contributed by atoms with Crippen LogP contribution in [0, 0.1) is 0 Å². The standard InChI is InChI=1S/C10H18N4O2/c1-10(2,16-3)4-8(15)12-5-7-6-13-14-9(7)11/h6H,4-5H2,1-3H3,(H,12,15)(H3,11,13,14). The number of H-pyrrole nitrogens is 1. The second-order valence-electron chi connectivity index (χ2n) is 4.23. The van der Waals surface area contributed by atoms with Crippen molar-refractivity contribution < 1.29 is 9.53 Å². The minimum atomic E-state index is -0.452. The number of ether oxygens (including phenoxy) is 1. The molecule has 90 valence electrons. The fraction of sp³-hybridized carbons (Fsp3) is 0.600. The van der Waals surface area contributed by atoms with Crippen LogP contribution in [0.2, 0.25) is 0 Å². The number of carbonyl (C=O) groups is 1. The van der Waals surface area contributed by atoms with E-state index in [2.05, 4.69) is 15.5 Å². The lowest BCUT2D eigenvalue weighted by atomic mass is 10.0. The molecule has 6 heteroatoms. The monoisotopic (exact) mass is 226 g/mol. The van der Waals surface area contributed by atoms with Crippen molar-refractivity contribution in [1.82, 2.24) is 15.5 Å². The third kappa shape index (κ3) is 3.54. The number of hydrogen-bond acceptors (Lipinski definition) is 4. The maximum Gasteiger partial charge on any atom is 0.223 e. The molecule has 0 bridgehead atoms. The quantitative estimate of drug-likeness (QED) is 0.678. The van der Waals surface area contributed by atoms with E-state index in [0.717, 1.165) is 5.56 Å². The second-order valence-corrected chi connectivity index (χ2v) is 4.23. The fourth-order valence-corrected chi connectivity index (χ4v) is 1.18. The number of nitrogens with zero attached hydrogens (tertiary/aromatic N) is 1. The molecule has 0 aliphatic rings. The van der Waals surface area contributed by atoms with Crippen LogP contribution < -0.4 is 11.1 Å². The van der Waals surface area contributed by atoms with E-state index >= 15 is 0 Å². The summed E-state index contributed by atoms with van der Waals surface area (Å²) in [5, 5.41) is 9.13. The molecule has 0 aromatic carbocycles. The highest BCUT2D eigenvalue weighted by Crippen LogP contribution is 2.12. The van der Waals surface area contributed by atoms with Gasteiger partial charge >= 0.3 is 0 Å². The van der Waals surface area contributed by atoms with E-state index in [1.807, 2.05) is 13.8 Å². The summed E-state index contributed by atoms with van der Waals surface area (Å²) in [5.41, 5.74) is 5.91. The van der Waals surface area contributed by atoms with Crippen molar-refractivity contribution >= 4 is 11.7 Å². The lowest BCUT2D eigenvalue weighted by molar-refractivity contribution is -0.126. The molecule has 0 aliphatic heterocycles. The summed E-state index contributed by atoms with van der Waals surface area (Å²) in [5.74, 6) is 0.402. The number of nitrogens with one attached hydrogen (secondary N) is 2. The largest absolute Gasteiger partial charge is 0.384 e. The van der Waals surface area contributed by atoms with E-state index in [0.29, 0.717) is 18.8 Å². The van der Waals surface area contributed by atoms with Crippen molar-refractivity contribution in [2.45, 2.75) is 32.4 Å². The van der Waals surface area contributed by atoms with Crippen molar-refractivity contribution in [2.24, 2.45) is 0 Å². The van der Waals surface area contributed by atoms with Crippen LogP contribution in [0.5, 0.6) is 0 Å². The summed E-state index contributed by atoms with van der Waals surface area (Å²) in [6.45, 7) is 4.10. The molecule has 6 nitrogen and oxygen atoms in total. The van der Waals surface area contributed by atoms with E-state index in [1.54, 1.807) is 13.3 Å². The van der Waals surface area contributed by atoms with Crippen LogP contribution in [0.4, 0.5) is 5.82 Å². The molecule has 0 spiro atoms. The summed E-state index contributed by atoms with van der Waals surface area (Å²) in [4.78, 5) is 11.6. The smallest absolute Gasteiger partial charge is 0.223 e. The third-order valence-electron chi connectivity index (χ3n) is 2.37. The van der Waals surface area contributed by atoms with E-state index in [1.165, 1.54) is 0 Å². The van der Waals surface area contributed by atoms with Gasteiger partial charge in [-0.1, -0.05) is 0 Å². The molecule has 1 amide bonds. The summed E-state index contributed by atoms with van der Waals surface area (Å²) >= 11 is 0. The van der Waals surface area contributed by atoms with Gasteiger partial charge in [-0.15, -0.1) is 0 Å². The zero-order valence-electron chi connectivity index (χ0n) is 9.83. The molecule has 0 unspecified atom stereocenters. The van der Waals surface area contributed by atoms with Gasteiger partial charge < -0.3 is 15.8 Å². The van der Waals surface area contributed by atoms with E-state index < -0.39 is 5.60 Å². The summed E-state index contributed by atoms with van der Waals surface area (Å²) in [6.07, 6.45) is 1.90. The van der Waals surface area contributed by atoms with Crippen LogP contribution in [0.25, 0.3) is 0 Å². The van der Waals surface area contributed by atoms with E-state index in [-0.39, 0.29) is 5.91 Å². The normalized spacial score (nSPS) is 11.4. The molecule has 1 rings (SSSR count). The third-order valence-corrected chi connectivity index (χ3v) is 2.37. The van der Waals surface area contributed by atoms with Crippen molar-refractivity contribution in [2.75, 3.05) is 12.8 Å². The Morgan fingerprint density at radius 1 is 1.69 bits per heavy atom. The maximum absolute atomic E-state index is 11.6. The van der Waals surface area contributed by atoms with Gasteiger partial charge in [-0.3, -0.25) is 9.89 Å². The second kappa shape index (κ2) is 4.98. The predicted octanol–water partition coefficient (Wildman–Crippen LogP) is 0.423. The fourth-order valence-electron chi connectivity index (χ4n) is 1.18. The van der Waals surface area contributed by atoms with Gasteiger partial charge in [-0.05, 0) is 13.8 Å². The molecule has 1 heterocycles. The molecule has 0 fully saturated rings. The van der Waals surface area contributed by atoms with Crippen LogP contribution >= 0.6 is 0 Å². The van der Waals surface area contributed by atoms with Gasteiger partial charge in [0, 0.05) is 19.2 Å². The number of rotatable bonds is 5. The number of aromatic amines is 1. The summed E-state index contributed by atoms with van der Waals surface area (Å²) in [7, 11) is 1.58. The molecule has 1 aromatic heterocycles. The van der Waals surface area contributed by atoms with Crippen LogP contribution in [-0.2, 0) is 16.1 Å². The Morgan fingerprint density at radius 3 is 2.88 bits per heavy atom. The molecular weight excluding hydrogens is 208 g/mol. The van der Waals surface area contributed by atoms with Gasteiger partial charge in [0.05, 0.1) is 18.2 Å². The molecule has 0 saturated heterocycles. The summed E-state index contributed by atoms with van der Waals surface area (Å²) < 4.78 is 5.17. The molecule has 16 heavy (non-hydrogen) atoms. The maximum atomic E-state index is 11.6. The molecule has 0 saturated carbocycles. The van der Waals surface area contributed by atoms with Gasteiger partial charge in [0.25, 0.3) is 0 Å². The Balaban J connectivity index is 2.39. The van der Waals surface area contributed by atoms with Crippen molar-refractivity contribution in [3.05, 3.63) is 11.8 Å². The SMILES string of the molecule is COC(C)(C)CC(=O)NCc1cn[nH]c1N. The average Bonchev–Trinajstić information content (AvgIpc) is 2.60. The number of nitrogens with two attached hydrogens (primary N) is 1. The first-order valence-corrected chi connectivity index (χ1v) is 5.04. The summed E-state index contributed by atoms with van der Waals surface area (Å²) in [6, 6.07) is 0. The van der Waals surface area contributed by atoms with Crippen LogP contribution in [0.15, 0.2) is 6.20 Å². The average molecular weight is 226 g/mol. The van der Waals surface area contributed by atoms with Crippen molar-refractivity contribution in [1.29, 1.82) is 0 Å². The highest BCUT2D eigenvalue weighted by atomic mass is 16.5. The number of amides is 1. The highest BCUT2D eigenvalue weighted by molar-refractivity contribution is 5.77. The number of hydrogen-bond donors (Lipinski definition) is 3. The Kier molecular flexibility index (Phi) is 3.89. The zero-order valence-corrected chi connectivity index (χ0v) is 9.83. The van der Waals surface area contributed by atoms with Crippen LogP contribution in [0.3, 0.4) is 0 Å². The lowest BCUT2D eigenvalue weighted by Gasteiger charge is -2.21. The van der Waals surface area contributed by atoms with Crippen LogP contribution in [-0.4, -0.2) is 28.8 Å². The zero-order chi connectivity index (χ0) is 12.2. The van der Waals surface area contributed by atoms with Crippen LogP contribution in [0.1, 0.15) is 25.8 Å². The van der Waals surface area contributed by atoms with Crippen molar-refractivity contribution in [3.8, 4) is 0 Å². The lowest BCUT2D eigenvalue weighted by Crippen LogP contribution is -2.33. The van der Waals surface area contributed by atoms with Gasteiger partial charge in [-0.2, -0.15) is 5.10 Å². The molecule has 0 radical (unpaired) electrons. The Hall–Kier alpha value is -1.56.